The van der Waals surface area contributed by atoms with Crippen LogP contribution in [-0.4, -0.2) is 23.1 Å². The summed E-state index contributed by atoms with van der Waals surface area (Å²) < 4.78 is 12.6. The quantitative estimate of drug-likeness (QED) is 0.0736. The number of fused-ring (bicyclic) bond motifs is 4. The summed E-state index contributed by atoms with van der Waals surface area (Å²) in [7, 11) is 0. The molecule has 0 amide bonds. The van der Waals surface area contributed by atoms with Gasteiger partial charge in [-0.3, -0.25) is 0 Å². The molecule has 284 valence electrons. The molecule has 0 aliphatic rings. The zero-order valence-corrected chi connectivity index (χ0v) is 33.5. The van der Waals surface area contributed by atoms with Gasteiger partial charge < -0.3 is 9.47 Å². The number of esters is 2. The van der Waals surface area contributed by atoms with Crippen LogP contribution in [0.2, 0.25) is 0 Å². The molecule has 0 bridgehead atoms. The molecule has 0 unspecified atom stereocenters. The molecular formula is C50H60O4. The van der Waals surface area contributed by atoms with Crippen molar-refractivity contribution in [1.29, 1.82) is 0 Å². The second-order valence-electron chi connectivity index (χ2n) is 15.0. The van der Waals surface area contributed by atoms with Crippen molar-refractivity contribution < 1.29 is 19.1 Å². The lowest BCUT2D eigenvalue weighted by atomic mass is 9.87. The van der Waals surface area contributed by atoms with Crippen LogP contribution in [0.3, 0.4) is 0 Å². The second kappa shape index (κ2) is 19.1. The lowest BCUT2D eigenvalue weighted by molar-refractivity contribution is -0.0339. The molecule has 0 heterocycles. The number of ether oxygens (including phenoxy) is 2. The van der Waals surface area contributed by atoms with Gasteiger partial charge in [-0.2, -0.15) is 0 Å². The van der Waals surface area contributed by atoms with E-state index in [4.69, 9.17) is 9.47 Å². The van der Waals surface area contributed by atoms with E-state index < -0.39 is 0 Å². The molecule has 0 radical (unpaired) electrons. The first-order valence-electron chi connectivity index (χ1n) is 20.6. The van der Waals surface area contributed by atoms with Crippen LogP contribution in [-0.2, 0) is 9.47 Å². The zero-order chi connectivity index (χ0) is 38.6. The van der Waals surface area contributed by atoms with Crippen LogP contribution in [0.25, 0.3) is 43.1 Å². The Hall–Kier alpha value is -4.70. The topological polar surface area (TPSA) is 52.6 Å². The number of rotatable bonds is 16. The van der Waals surface area contributed by atoms with Gasteiger partial charge in [0.25, 0.3) is 0 Å². The Balaban J connectivity index is 0.000000208. The Morgan fingerprint density at radius 1 is 0.389 bits per heavy atom. The number of carbonyl (C=O) groups excluding carboxylic acids is 2. The average molecular weight is 725 g/mol. The largest absolute Gasteiger partial charge is 0.455 e. The normalized spacial score (nSPS) is 11.8. The number of hydrogen-bond acceptors (Lipinski definition) is 4. The Labute approximate surface area is 323 Å². The van der Waals surface area contributed by atoms with Crippen molar-refractivity contribution in [2.75, 3.05) is 0 Å². The molecule has 6 aromatic carbocycles. The lowest BCUT2D eigenvalue weighted by Gasteiger charge is -2.33. The van der Waals surface area contributed by atoms with Gasteiger partial charge in [-0.1, -0.05) is 177 Å². The highest BCUT2D eigenvalue weighted by Gasteiger charge is 2.34. The molecule has 0 atom stereocenters. The van der Waals surface area contributed by atoms with E-state index in [0.29, 0.717) is 11.1 Å². The number of benzene rings is 6. The summed E-state index contributed by atoms with van der Waals surface area (Å²) in [5.41, 5.74) is 0.702. The van der Waals surface area contributed by atoms with Gasteiger partial charge in [0.2, 0.25) is 0 Å². The van der Waals surface area contributed by atoms with E-state index in [0.717, 1.165) is 120 Å². The van der Waals surface area contributed by atoms with Gasteiger partial charge in [0.1, 0.15) is 11.2 Å². The summed E-state index contributed by atoms with van der Waals surface area (Å²) in [4.78, 5) is 27.0. The highest BCUT2D eigenvalue weighted by molar-refractivity contribution is 6.17. The van der Waals surface area contributed by atoms with E-state index in [1.807, 2.05) is 72.8 Å². The van der Waals surface area contributed by atoms with Crippen LogP contribution in [0, 0.1) is 0 Å². The Morgan fingerprint density at radius 3 is 0.833 bits per heavy atom. The van der Waals surface area contributed by atoms with Gasteiger partial charge in [0.15, 0.2) is 0 Å². The summed E-state index contributed by atoms with van der Waals surface area (Å²) in [6.45, 7) is 13.0. The molecule has 54 heavy (non-hydrogen) atoms. The Kier molecular flexibility index (Phi) is 14.3. The molecule has 4 heteroatoms. The third kappa shape index (κ3) is 9.14. The standard InChI is InChI=1S/2C25H30O2/c2*1-4-15-25(16-5-2,17-6-3)27-24(26)23-21-13-9-7-11-19(21)18-20-12-8-10-14-22(20)23/h2*7-14,18H,4-6,15-17H2,1-3H3. The predicted molar refractivity (Wildman–Crippen MR) is 229 cm³/mol. The van der Waals surface area contributed by atoms with Crippen molar-refractivity contribution in [3.05, 3.63) is 120 Å². The second-order valence-corrected chi connectivity index (χ2v) is 15.0. The van der Waals surface area contributed by atoms with Crippen LogP contribution in [0.1, 0.15) is 139 Å². The van der Waals surface area contributed by atoms with E-state index in [9.17, 15) is 9.59 Å². The summed E-state index contributed by atoms with van der Waals surface area (Å²) in [6, 6.07) is 36.7. The minimum Gasteiger partial charge on any atom is -0.455 e. The molecule has 0 saturated carbocycles. The van der Waals surface area contributed by atoms with Crippen molar-refractivity contribution in [2.45, 2.75) is 130 Å². The fourth-order valence-corrected chi connectivity index (χ4v) is 8.75. The summed E-state index contributed by atoms with van der Waals surface area (Å²) in [5, 5.41) is 8.20. The van der Waals surface area contributed by atoms with Crippen LogP contribution >= 0.6 is 0 Å². The fraction of sp³-hybridized carbons (Fsp3) is 0.400. The molecule has 0 aliphatic carbocycles. The SMILES string of the molecule is CCCC(CCC)(CCC)OC(=O)c1c2ccccc2cc2ccccc12.CCCC(CCC)(CCC)OC(=O)c1c2ccccc2cc2ccccc12. The Morgan fingerprint density at radius 2 is 0.611 bits per heavy atom. The average Bonchev–Trinajstić information content (AvgIpc) is 3.16. The third-order valence-corrected chi connectivity index (χ3v) is 10.8. The molecule has 0 N–H and O–H groups in total. The summed E-state index contributed by atoms with van der Waals surface area (Å²) in [6.07, 6.45) is 11.6. The van der Waals surface area contributed by atoms with E-state index in [1.165, 1.54) is 0 Å². The number of carbonyl (C=O) groups is 2. The van der Waals surface area contributed by atoms with E-state index in [2.05, 4.69) is 77.9 Å². The van der Waals surface area contributed by atoms with Gasteiger partial charge in [-0.25, -0.2) is 9.59 Å². The molecule has 0 aromatic heterocycles. The van der Waals surface area contributed by atoms with Gasteiger partial charge in [0, 0.05) is 0 Å². The first kappa shape index (κ1) is 40.5. The molecule has 0 aliphatic heterocycles. The van der Waals surface area contributed by atoms with Crippen molar-refractivity contribution >= 4 is 55.0 Å². The smallest absolute Gasteiger partial charge is 0.339 e. The maximum absolute atomic E-state index is 13.5. The van der Waals surface area contributed by atoms with Crippen LogP contribution < -0.4 is 0 Å². The summed E-state index contributed by atoms with van der Waals surface area (Å²) in [5.74, 6) is -0.364. The van der Waals surface area contributed by atoms with Crippen molar-refractivity contribution in [3.8, 4) is 0 Å². The highest BCUT2D eigenvalue weighted by atomic mass is 16.6. The molecule has 0 spiro atoms. The van der Waals surface area contributed by atoms with E-state index in [-0.39, 0.29) is 23.1 Å². The minimum absolute atomic E-state index is 0.182. The maximum Gasteiger partial charge on any atom is 0.339 e. The van der Waals surface area contributed by atoms with Gasteiger partial charge in [-0.15, -0.1) is 0 Å². The van der Waals surface area contributed by atoms with Gasteiger partial charge in [-0.05, 0) is 93.7 Å². The van der Waals surface area contributed by atoms with Crippen LogP contribution in [0.15, 0.2) is 109 Å². The minimum atomic E-state index is -0.354. The van der Waals surface area contributed by atoms with Crippen LogP contribution in [0.4, 0.5) is 0 Å². The maximum atomic E-state index is 13.5. The lowest BCUT2D eigenvalue weighted by Crippen LogP contribution is -2.35. The van der Waals surface area contributed by atoms with Crippen molar-refractivity contribution in [2.24, 2.45) is 0 Å². The predicted octanol–water partition coefficient (Wildman–Crippen LogP) is 14.6. The van der Waals surface area contributed by atoms with Crippen LogP contribution in [0.5, 0.6) is 0 Å². The first-order valence-corrected chi connectivity index (χ1v) is 20.6. The highest BCUT2D eigenvalue weighted by Crippen LogP contribution is 2.36. The van der Waals surface area contributed by atoms with Crippen molar-refractivity contribution in [1.82, 2.24) is 0 Å². The molecule has 0 fully saturated rings. The molecular weight excluding hydrogens is 665 g/mol. The van der Waals surface area contributed by atoms with E-state index in [1.54, 1.807) is 0 Å². The first-order chi connectivity index (χ1) is 26.3. The third-order valence-electron chi connectivity index (χ3n) is 10.8. The zero-order valence-electron chi connectivity index (χ0n) is 33.5. The monoisotopic (exact) mass is 724 g/mol. The fourth-order valence-electron chi connectivity index (χ4n) is 8.75. The summed E-state index contributed by atoms with van der Waals surface area (Å²) >= 11 is 0. The molecule has 6 rings (SSSR count). The number of hydrogen-bond donors (Lipinski definition) is 0. The Bertz CT molecular complexity index is 1860. The molecule has 4 nitrogen and oxygen atoms in total. The molecule has 0 saturated heterocycles. The van der Waals surface area contributed by atoms with Gasteiger partial charge in [0.05, 0.1) is 11.1 Å². The van der Waals surface area contributed by atoms with Gasteiger partial charge >= 0.3 is 11.9 Å². The van der Waals surface area contributed by atoms with E-state index >= 15 is 0 Å². The molecule has 6 aromatic rings. The van der Waals surface area contributed by atoms with Crippen molar-refractivity contribution in [3.63, 3.8) is 0 Å².